The molecule has 3 heterocycles. The number of fused-ring (bicyclic) bond motifs is 3. The summed E-state index contributed by atoms with van der Waals surface area (Å²) in [5.74, 6) is 0.778. The fraction of sp³-hybridized carbons (Fsp3) is 0.600. The highest BCUT2D eigenvalue weighted by Crippen LogP contribution is 2.32. The molecular formula is C25H36N4O2. The van der Waals surface area contributed by atoms with E-state index < -0.39 is 0 Å². The van der Waals surface area contributed by atoms with Crippen molar-refractivity contribution in [2.24, 2.45) is 0 Å². The topological polar surface area (TPSA) is 61.6 Å². The Morgan fingerprint density at radius 2 is 1.87 bits per heavy atom. The van der Waals surface area contributed by atoms with Gasteiger partial charge in [-0.25, -0.2) is 0 Å². The average Bonchev–Trinajstić information content (AvgIpc) is 3.30. The maximum Gasteiger partial charge on any atom is 0.259 e. The number of para-hydroxylation sites is 1. The van der Waals surface area contributed by atoms with Crippen LogP contribution in [-0.4, -0.2) is 52.1 Å². The summed E-state index contributed by atoms with van der Waals surface area (Å²) in [5.41, 5.74) is 3.68. The van der Waals surface area contributed by atoms with Crippen LogP contribution in [0, 0.1) is 6.92 Å². The van der Waals surface area contributed by atoms with Crippen molar-refractivity contribution in [1.82, 2.24) is 15.0 Å². The highest BCUT2D eigenvalue weighted by molar-refractivity contribution is 5.96. The van der Waals surface area contributed by atoms with Gasteiger partial charge in [-0.05, 0) is 57.6 Å². The second kappa shape index (κ2) is 9.03. The largest absolute Gasteiger partial charge is 0.385 e. The van der Waals surface area contributed by atoms with Gasteiger partial charge in [0, 0.05) is 43.4 Å². The summed E-state index contributed by atoms with van der Waals surface area (Å²) in [6.07, 6.45) is 3.45. The summed E-state index contributed by atoms with van der Waals surface area (Å²) in [7, 11) is 0. The molecule has 4 rings (SSSR count). The van der Waals surface area contributed by atoms with Gasteiger partial charge in [0.05, 0.1) is 5.69 Å². The highest BCUT2D eigenvalue weighted by atomic mass is 16.5. The molecule has 2 bridgehead atoms. The highest BCUT2D eigenvalue weighted by Gasteiger charge is 2.38. The molecule has 2 atom stereocenters. The van der Waals surface area contributed by atoms with Crippen LogP contribution in [0.3, 0.4) is 0 Å². The maximum absolute atomic E-state index is 13.9. The smallest absolute Gasteiger partial charge is 0.259 e. The molecule has 31 heavy (non-hydrogen) atoms. The zero-order valence-electron chi connectivity index (χ0n) is 19.5. The number of anilines is 1. The molecule has 0 radical (unpaired) electrons. The first-order chi connectivity index (χ1) is 14.9. The van der Waals surface area contributed by atoms with Gasteiger partial charge in [-0.2, -0.15) is 0 Å². The van der Waals surface area contributed by atoms with Gasteiger partial charge in [-0.15, -0.1) is 0 Å². The Bertz CT molecular complexity index is 920. The van der Waals surface area contributed by atoms with Crippen LogP contribution in [0.15, 0.2) is 28.8 Å². The summed E-state index contributed by atoms with van der Waals surface area (Å²) >= 11 is 0. The van der Waals surface area contributed by atoms with E-state index in [1.54, 1.807) is 0 Å². The molecular weight excluding hydrogens is 388 g/mol. The van der Waals surface area contributed by atoms with Gasteiger partial charge in [0.2, 0.25) is 0 Å². The quantitative estimate of drug-likeness (QED) is 0.766. The van der Waals surface area contributed by atoms with Gasteiger partial charge < -0.3 is 14.7 Å². The van der Waals surface area contributed by atoms with Gasteiger partial charge in [0.1, 0.15) is 11.3 Å². The zero-order valence-corrected chi connectivity index (χ0v) is 19.5. The number of aryl methyl sites for hydroxylation is 1. The number of carbonyl (C=O) groups excluding carboxylic acids is 1. The van der Waals surface area contributed by atoms with E-state index in [-0.39, 0.29) is 11.8 Å². The van der Waals surface area contributed by atoms with Crippen molar-refractivity contribution in [1.29, 1.82) is 0 Å². The monoisotopic (exact) mass is 424 g/mol. The predicted molar refractivity (Wildman–Crippen MR) is 123 cm³/mol. The van der Waals surface area contributed by atoms with Crippen LogP contribution in [0.2, 0.25) is 0 Å². The Morgan fingerprint density at radius 1 is 1.13 bits per heavy atom. The molecule has 1 aromatic carbocycles. The Morgan fingerprint density at radius 3 is 2.61 bits per heavy atom. The summed E-state index contributed by atoms with van der Waals surface area (Å²) in [6, 6.07) is 9.76. The number of nitrogens with one attached hydrogen (secondary N) is 1. The van der Waals surface area contributed by atoms with E-state index >= 15 is 0 Å². The third-order valence-corrected chi connectivity index (χ3v) is 6.81. The number of hydrogen-bond acceptors (Lipinski definition) is 5. The van der Waals surface area contributed by atoms with E-state index in [4.69, 9.17) is 4.52 Å². The van der Waals surface area contributed by atoms with Crippen molar-refractivity contribution >= 4 is 11.6 Å². The third-order valence-electron chi connectivity index (χ3n) is 6.81. The van der Waals surface area contributed by atoms with Crippen molar-refractivity contribution in [3.63, 3.8) is 0 Å². The third kappa shape index (κ3) is 4.36. The molecule has 1 amide bonds. The van der Waals surface area contributed by atoms with E-state index in [0.717, 1.165) is 42.9 Å². The molecule has 2 aliphatic rings. The van der Waals surface area contributed by atoms with E-state index in [2.05, 4.69) is 67.3 Å². The van der Waals surface area contributed by atoms with Gasteiger partial charge in [-0.1, -0.05) is 37.2 Å². The van der Waals surface area contributed by atoms with Gasteiger partial charge >= 0.3 is 0 Å². The lowest BCUT2D eigenvalue weighted by Crippen LogP contribution is -2.48. The van der Waals surface area contributed by atoms with Crippen LogP contribution in [0.5, 0.6) is 0 Å². The SMILES string of the molecule is Cc1onc(C(C)C)c1C(=O)N1Cc2ccccc2NCC[C@H]2CC[C@@H](C1)N2C(C)C. The van der Waals surface area contributed by atoms with Crippen molar-refractivity contribution in [2.75, 3.05) is 18.4 Å². The molecule has 1 aromatic heterocycles. The average molecular weight is 425 g/mol. The molecule has 0 spiro atoms. The maximum atomic E-state index is 13.9. The molecule has 2 aromatic rings. The van der Waals surface area contributed by atoms with Crippen LogP contribution in [0.1, 0.15) is 80.3 Å². The van der Waals surface area contributed by atoms with Crippen molar-refractivity contribution < 1.29 is 9.32 Å². The van der Waals surface area contributed by atoms with Gasteiger partial charge in [0.15, 0.2) is 0 Å². The van der Waals surface area contributed by atoms with Crippen LogP contribution in [0.4, 0.5) is 5.69 Å². The van der Waals surface area contributed by atoms with E-state index in [0.29, 0.717) is 36.0 Å². The first kappa shape index (κ1) is 21.9. The van der Waals surface area contributed by atoms with Gasteiger partial charge in [-0.3, -0.25) is 9.69 Å². The minimum atomic E-state index is 0.0312. The van der Waals surface area contributed by atoms with Crippen LogP contribution in [-0.2, 0) is 6.54 Å². The Hall–Kier alpha value is -2.34. The lowest BCUT2D eigenvalue weighted by molar-refractivity contribution is 0.0631. The molecule has 0 unspecified atom stereocenters. The second-order valence-electron chi connectivity index (χ2n) is 9.64. The summed E-state index contributed by atoms with van der Waals surface area (Å²) in [5, 5.41) is 7.85. The number of nitrogens with zero attached hydrogens (tertiary/aromatic N) is 3. The molecule has 6 nitrogen and oxygen atoms in total. The Balaban J connectivity index is 1.73. The Labute approximate surface area is 186 Å². The first-order valence-corrected chi connectivity index (χ1v) is 11.7. The predicted octanol–water partition coefficient (Wildman–Crippen LogP) is 4.81. The number of hydrogen-bond donors (Lipinski definition) is 1. The standard InChI is InChI=1S/C25H36N4O2/c1-16(2)24-23(18(5)31-27-24)25(30)28-14-19-8-6-7-9-22(19)26-13-12-20-10-11-21(15-28)29(20)17(3)4/h6-9,16-17,20-21,26H,10-15H2,1-5H3/t20-,21+/m1/s1. The number of benzene rings is 1. The van der Waals surface area contributed by atoms with Crippen LogP contribution in [0.25, 0.3) is 0 Å². The molecule has 6 heteroatoms. The molecule has 0 aliphatic carbocycles. The van der Waals surface area contributed by atoms with E-state index in [9.17, 15) is 4.79 Å². The molecule has 1 N–H and O–H groups in total. The molecule has 168 valence electrons. The summed E-state index contributed by atoms with van der Waals surface area (Å²) in [6.45, 7) is 12.8. The molecule has 1 saturated heterocycles. The Kier molecular flexibility index (Phi) is 6.37. The lowest BCUT2D eigenvalue weighted by Gasteiger charge is -2.36. The lowest BCUT2D eigenvalue weighted by atomic mass is 10.0. The van der Waals surface area contributed by atoms with Gasteiger partial charge in [0.25, 0.3) is 5.91 Å². The summed E-state index contributed by atoms with van der Waals surface area (Å²) in [4.78, 5) is 18.6. The molecule has 2 aliphatic heterocycles. The molecule has 1 fully saturated rings. The van der Waals surface area contributed by atoms with Crippen LogP contribution >= 0.6 is 0 Å². The van der Waals surface area contributed by atoms with E-state index in [1.165, 1.54) is 6.42 Å². The number of aromatic nitrogens is 1. The minimum absolute atomic E-state index is 0.0312. The number of amides is 1. The van der Waals surface area contributed by atoms with Crippen molar-refractivity contribution in [3.05, 3.63) is 46.8 Å². The van der Waals surface area contributed by atoms with Crippen molar-refractivity contribution in [2.45, 2.75) is 84.5 Å². The van der Waals surface area contributed by atoms with Crippen LogP contribution < -0.4 is 5.32 Å². The van der Waals surface area contributed by atoms with Crippen molar-refractivity contribution in [3.8, 4) is 0 Å². The number of carbonyl (C=O) groups is 1. The van der Waals surface area contributed by atoms with E-state index in [1.807, 2.05) is 11.8 Å². The minimum Gasteiger partial charge on any atom is -0.385 e. The zero-order chi connectivity index (χ0) is 22.1. The first-order valence-electron chi connectivity index (χ1n) is 11.7. The summed E-state index contributed by atoms with van der Waals surface area (Å²) < 4.78 is 5.46. The fourth-order valence-corrected chi connectivity index (χ4v) is 5.39. The fourth-order valence-electron chi connectivity index (χ4n) is 5.39. The number of rotatable bonds is 3. The molecule has 0 saturated carbocycles. The normalized spacial score (nSPS) is 22.4. The second-order valence-corrected chi connectivity index (χ2v) is 9.64.